The van der Waals surface area contributed by atoms with Crippen LogP contribution in [0.15, 0.2) is 42.7 Å². The third-order valence-corrected chi connectivity index (χ3v) is 5.07. The molecule has 170 valence electrons. The van der Waals surface area contributed by atoms with Crippen molar-refractivity contribution in [2.75, 3.05) is 12.4 Å². The van der Waals surface area contributed by atoms with E-state index in [9.17, 15) is 18.4 Å². The van der Waals surface area contributed by atoms with Gasteiger partial charge >= 0.3 is 0 Å². The zero-order chi connectivity index (χ0) is 23.7. The van der Waals surface area contributed by atoms with Crippen LogP contribution in [0, 0.1) is 18.6 Å². The summed E-state index contributed by atoms with van der Waals surface area (Å²) >= 11 is 0. The standard InChI is InChI=1S/C22H20F2N6O3/c1-12-18(22(32)28-16-10-26-29(3)19(16)21(31)25-2)30-9-5-8-17(20(30)27-12)33-11-13-14(23)6-4-7-15(13)24/h4-10H,11H2,1-3H3,(H,25,31)(H,28,32). The monoisotopic (exact) mass is 454 g/mol. The van der Waals surface area contributed by atoms with Gasteiger partial charge in [0.05, 0.1) is 23.1 Å². The van der Waals surface area contributed by atoms with E-state index in [0.29, 0.717) is 11.3 Å². The Morgan fingerprint density at radius 3 is 2.52 bits per heavy atom. The third kappa shape index (κ3) is 4.00. The average molecular weight is 454 g/mol. The van der Waals surface area contributed by atoms with Crippen LogP contribution in [-0.4, -0.2) is 38.0 Å². The molecule has 0 saturated heterocycles. The van der Waals surface area contributed by atoms with Gasteiger partial charge in [-0.05, 0) is 31.2 Å². The van der Waals surface area contributed by atoms with Crippen molar-refractivity contribution in [3.8, 4) is 5.75 Å². The average Bonchev–Trinajstić information content (AvgIpc) is 3.31. The quantitative estimate of drug-likeness (QED) is 0.467. The van der Waals surface area contributed by atoms with E-state index in [0.717, 1.165) is 12.1 Å². The number of amides is 2. The Morgan fingerprint density at radius 2 is 1.82 bits per heavy atom. The molecule has 4 rings (SSSR count). The van der Waals surface area contributed by atoms with Crippen molar-refractivity contribution in [3.05, 3.63) is 77.0 Å². The van der Waals surface area contributed by atoms with E-state index < -0.39 is 23.4 Å². The molecule has 4 aromatic rings. The van der Waals surface area contributed by atoms with Crippen LogP contribution in [0.3, 0.4) is 0 Å². The molecule has 2 amide bonds. The second kappa shape index (κ2) is 8.69. The number of pyridine rings is 1. The smallest absolute Gasteiger partial charge is 0.274 e. The van der Waals surface area contributed by atoms with Crippen molar-refractivity contribution in [2.45, 2.75) is 13.5 Å². The molecule has 0 fully saturated rings. The molecule has 9 nitrogen and oxygen atoms in total. The summed E-state index contributed by atoms with van der Waals surface area (Å²) in [6.07, 6.45) is 2.99. The Kier molecular flexibility index (Phi) is 5.78. The molecule has 0 bridgehead atoms. The molecular formula is C22H20F2N6O3. The summed E-state index contributed by atoms with van der Waals surface area (Å²) in [5, 5.41) is 9.22. The van der Waals surface area contributed by atoms with Crippen LogP contribution in [0.25, 0.3) is 5.65 Å². The van der Waals surface area contributed by atoms with Gasteiger partial charge in [0.25, 0.3) is 11.8 Å². The number of rotatable bonds is 6. The van der Waals surface area contributed by atoms with Gasteiger partial charge < -0.3 is 15.4 Å². The Bertz CT molecular complexity index is 1360. The molecule has 0 aliphatic carbocycles. The number of anilines is 1. The SMILES string of the molecule is CNC(=O)c1c(NC(=O)c2c(C)nc3c(OCc4c(F)cccc4F)cccn23)cnn1C. The predicted molar refractivity (Wildman–Crippen MR) is 115 cm³/mol. The maximum atomic E-state index is 13.9. The van der Waals surface area contributed by atoms with Crippen LogP contribution >= 0.6 is 0 Å². The molecule has 3 aromatic heterocycles. The summed E-state index contributed by atoms with van der Waals surface area (Å²) in [4.78, 5) is 29.6. The highest BCUT2D eigenvalue weighted by atomic mass is 19.1. The van der Waals surface area contributed by atoms with Gasteiger partial charge in [-0.1, -0.05) is 6.07 Å². The zero-order valence-corrected chi connectivity index (χ0v) is 18.0. The first-order valence-corrected chi connectivity index (χ1v) is 9.90. The van der Waals surface area contributed by atoms with Gasteiger partial charge in [0, 0.05) is 20.3 Å². The fourth-order valence-electron chi connectivity index (χ4n) is 3.46. The number of hydrogen-bond donors (Lipinski definition) is 2. The molecular weight excluding hydrogens is 434 g/mol. The van der Waals surface area contributed by atoms with Crippen LogP contribution in [0.5, 0.6) is 5.75 Å². The van der Waals surface area contributed by atoms with Crippen molar-refractivity contribution in [3.63, 3.8) is 0 Å². The van der Waals surface area contributed by atoms with Crippen LogP contribution < -0.4 is 15.4 Å². The van der Waals surface area contributed by atoms with Crippen molar-refractivity contribution in [1.29, 1.82) is 0 Å². The number of ether oxygens (including phenoxy) is 1. The van der Waals surface area contributed by atoms with Gasteiger partial charge in [0.15, 0.2) is 11.4 Å². The second-order valence-electron chi connectivity index (χ2n) is 7.16. The number of halogens is 2. The molecule has 0 unspecified atom stereocenters. The lowest BCUT2D eigenvalue weighted by Gasteiger charge is -2.10. The fourth-order valence-corrected chi connectivity index (χ4v) is 3.46. The van der Waals surface area contributed by atoms with E-state index in [4.69, 9.17) is 4.74 Å². The Balaban J connectivity index is 1.65. The van der Waals surface area contributed by atoms with Gasteiger partial charge in [-0.3, -0.25) is 18.7 Å². The Morgan fingerprint density at radius 1 is 1.09 bits per heavy atom. The minimum Gasteiger partial charge on any atom is -0.485 e. The molecule has 0 saturated carbocycles. The number of carbonyl (C=O) groups excluding carboxylic acids is 2. The van der Waals surface area contributed by atoms with E-state index in [1.54, 1.807) is 32.3 Å². The number of aryl methyl sites for hydroxylation is 2. The van der Waals surface area contributed by atoms with Crippen molar-refractivity contribution in [2.24, 2.45) is 7.05 Å². The van der Waals surface area contributed by atoms with Crippen LogP contribution in [-0.2, 0) is 13.7 Å². The normalized spacial score (nSPS) is 10.9. The molecule has 1 aromatic carbocycles. The van der Waals surface area contributed by atoms with E-state index in [1.807, 2.05) is 0 Å². The number of fused-ring (bicyclic) bond motifs is 1. The van der Waals surface area contributed by atoms with E-state index in [-0.39, 0.29) is 35.0 Å². The predicted octanol–water partition coefficient (Wildman–Crippen LogP) is 2.85. The van der Waals surface area contributed by atoms with Gasteiger partial charge in [0.1, 0.15) is 29.6 Å². The highest BCUT2D eigenvalue weighted by Crippen LogP contribution is 2.25. The molecule has 33 heavy (non-hydrogen) atoms. The minimum atomic E-state index is -0.718. The van der Waals surface area contributed by atoms with Crippen LogP contribution in [0.4, 0.5) is 14.5 Å². The first-order valence-electron chi connectivity index (χ1n) is 9.90. The Labute approximate surface area is 187 Å². The van der Waals surface area contributed by atoms with Gasteiger partial charge in [-0.2, -0.15) is 5.10 Å². The number of nitrogens with zero attached hydrogens (tertiary/aromatic N) is 4. The van der Waals surface area contributed by atoms with E-state index >= 15 is 0 Å². The highest BCUT2D eigenvalue weighted by molar-refractivity contribution is 6.08. The van der Waals surface area contributed by atoms with Crippen molar-refractivity contribution < 1.29 is 23.1 Å². The second-order valence-corrected chi connectivity index (χ2v) is 7.16. The molecule has 0 aliphatic heterocycles. The number of imidazole rings is 1. The van der Waals surface area contributed by atoms with Gasteiger partial charge in [-0.15, -0.1) is 0 Å². The summed E-state index contributed by atoms with van der Waals surface area (Å²) in [7, 11) is 3.06. The van der Waals surface area contributed by atoms with Gasteiger partial charge in [0.2, 0.25) is 0 Å². The first kappa shape index (κ1) is 21.9. The lowest BCUT2D eigenvalue weighted by Crippen LogP contribution is -2.24. The topological polar surface area (TPSA) is 103 Å². The lowest BCUT2D eigenvalue weighted by atomic mass is 10.2. The van der Waals surface area contributed by atoms with Gasteiger partial charge in [-0.25, -0.2) is 13.8 Å². The first-order chi connectivity index (χ1) is 15.8. The highest BCUT2D eigenvalue weighted by Gasteiger charge is 2.23. The summed E-state index contributed by atoms with van der Waals surface area (Å²) in [6, 6.07) is 6.78. The van der Waals surface area contributed by atoms with Crippen molar-refractivity contribution in [1.82, 2.24) is 24.5 Å². The molecule has 2 N–H and O–H groups in total. The molecule has 0 spiro atoms. The fraction of sp³-hybridized carbons (Fsp3) is 0.182. The van der Waals surface area contributed by atoms with E-state index in [1.165, 1.54) is 28.4 Å². The largest absolute Gasteiger partial charge is 0.485 e. The molecule has 11 heteroatoms. The minimum absolute atomic E-state index is 0.188. The molecule has 3 heterocycles. The summed E-state index contributed by atoms with van der Waals surface area (Å²) < 4.78 is 36.4. The molecule has 0 atom stereocenters. The number of nitrogens with one attached hydrogen (secondary N) is 2. The Hall–Kier alpha value is -4.28. The summed E-state index contributed by atoms with van der Waals surface area (Å²) in [6.45, 7) is 1.29. The molecule has 0 radical (unpaired) electrons. The summed E-state index contributed by atoms with van der Waals surface area (Å²) in [5.41, 5.74) is 1.12. The third-order valence-electron chi connectivity index (χ3n) is 5.07. The lowest BCUT2D eigenvalue weighted by molar-refractivity contribution is 0.0954. The van der Waals surface area contributed by atoms with Crippen LogP contribution in [0.2, 0.25) is 0 Å². The number of aromatic nitrogens is 4. The summed E-state index contributed by atoms with van der Waals surface area (Å²) in [5.74, 6) is -2.11. The van der Waals surface area contributed by atoms with Crippen LogP contribution in [0.1, 0.15) is 32.2 Å². The maximum absolute atomic E-state index is 13.9. The number of benzene rings is 1. The number of hydrogen-bond acceptors (Lipinski definition) is 5. The molecule has 0 aliphatic rings. The van der Waals surface area contributed by atoms with Crippen molar-refractivity contribution >= 4 is 23.1 Å². The zero-order valence-electron chi connectivity index (χ0n) is 18.0. The van der Waals surface area contributed by atoms with E-state index in [2.05, 4.69) is 20.7 Å². The number of carbonyl (C=O) groups is 2. The maximum Gasteiger partial charge on any atom is 0.274 e.